The van der Waals surface area contributed by atoms with Gasteiger partial charge >= 0.3 is 0 Å². The highest BCUT2D eigenvalue weighted by atomic mass is 32.2. The molecule has 2 unspecified atom stereocenters. The fourth-order valence-electron chi connectivity index (χ4n) is 4.72. The molecule has 8 heteroatoms. The second kappa shape index (κ2) is 11.0. The average Bonchev–Trinajstić information content (AvgIpc) is 2.81. The molecule has 0 aliphatic carbocycles. The number of piperidine rings is 1. The lowest BCUT2D eigenvalue weighted by atomic mass is 9.87. The first-order valence-electron chi connectivity index (χ1n) is 12.3. The summed E-state index contributed by atoms with van der Waals surface area (Å²) in [5.41, 5.74) is 2.68. The molecule has 2 aromatic carbocycles. The maximum absolute atomic E-state index is 13.4. The van der Waals surface area contributed by atoms with Crippen molar-refractivity contribution in [3.8, 4) is 0 Å². The Morgan fingerprint density at radius 2 is 1.56 bits per heavy atom. The largest absolute Gasteiger partial charge is 0.350 e. The van der Waals surface area contributed by atoms with Crippen molar-refractivity contribution in [1.29, 1.82) is 0 Å². The zero-order chi connectivity index (χ0) is 26.7. The van der Waals surface area contributed by atoms with Crippen LogP contribution in [0.4, 0.5) is 0 Å². The zero-order valence-electron chi connectivity index (χ0n) is 21.7. The molecule has 194 valence electrons. The number of rotatable bonds is 7. The molecule has 36 heavy (non-hydrogen) atoms. The van der Waals surface area contributed by atoms with Gasteiger partial charge in [-0.2, -0.15) is 4.31 Å². The van der Waals surface area contributed by atoms with Crippen LogP contribution < -0.4 is 10.6 Å². The van der Waals surface area contributed by atoms with Crippen molar-refractivity contribution in [2.24, 2.45) is 0 Å². The van der Waals surface area contributed by atoms with Crippen LogP contribution in [-0.2, 0) is 26.8 Å². The second-order valence-corrected chi connectivity index (χ2v) is 12.4. The van der Waals surface area contributed by atoms with Crippen molar-refractivity contribution in [2.75, 3.05) is 0 Å². The lowest BCUT2D eigenvalue weighted by molar-refractivity contribution is -0.117. The zero-order valence-corrected chi connectivity index (χ0v) is 22.6. The molecule has 2 N–H and O–H groups in total. The second-order valence-electron chi connectivity index (χ2n) is 10.6. The molecule has 0 saturated carbocycles. The lowest BCUT2D eigenvalue weighted by Gasteiger charge is -2.41. The third kappa shape index (κ3) is 6.42. The van der Waals surface area contributed by atoms with E-state index in [0.717, 1.165) is 5.56 Å². The SMILES string of the molecule is C=CC(=O)NC1CC(C)N(S(=O)(=O)c2ccc(C(=O)NCc3ccc(C(C)(C)C)cc3)cc2)C(C)C1. The summed E-state index contributed by atoms with van der Waals surface area (Å²) in [7, 11) is -3.76. The van der Waals surface area contributed by atoms with Crippen LogP contribution in [0.1, 0.15) is 68.9 Å². The van der Waals surface area contributed by atoms with Crippen molar-refractivity contribution in [2.45, 2.75) is 82.4 Å². The normalized spacial score (nSPS) is 21.0. The summed E-state index contributed by atoms with van der Waals surface area (Å²) in [6, 6.07) is 13.5. The molecule has 2 atom stereocenters. The predicted octanol–water partition coefficient (Wildman–Crippen LogP) is 4.15. The Hall–Kier alpha value is -2.97. The van der Waals surface area contributed by atoms with Crippen LogP contribution in [0, 0.1) is 0 Å². The molecule has 0 aromatic heterocycles. The van der Waals surface area contributed by atoms with Gasteiger partial charge in [0.2, 0.25) is 15.9 Å². The molecule has 1 aliphatic rings. The summed E-state index contributed by atoms with van der Waals surface area (Å²) >= 11 is 0. The molecule has 3 rings (SSSR count). The van der Waals surface area contributed by atoms with E-state index >= 15 is 0 Å². The van der Waals surface area contributed by atoms with E-state index in [1.165, 1.54) is 40.2 Å². The van der Waals surface area contributed by atoms with E-state index < -0.39 is 10.0 Å². The molecule has 1 heterocycles. The van der Waals surface area contributed by atoms with Crippen molar-refractivity contribution < 1.29 is 18.0 Å². The molecule has 0 bridgehead atoms. The van der Waals surface area contributed by atoms with Crippen LogP contribution >= 0.6 is 0 Å². The summed E-state index contributed by atoms with van der Waals surface area (Å²) in [4.78, 5) is 24.5. The number of benzene rings is 2. The quantitative estimate of drug-likeness (QED) is 0.546. The molecule has 2 aromatic rings. The first-order valence-corrected chi connectivity index (χ1v) is 13.7. The van der Waals surface area contributed by atoms with Crippen LogP contribution in [0.25, 0.3) is 0 Å². The maximum atomic E-state index is 13.4. The first kappa shape index (κ1) is 27.6. The molecule has 0 spiro atoms. The Morgan fingerprint density at radius 3 is 2.06 bits per heavy atom. The van der Waals surface area contributed by atoms with E-state index in [2.05, 4.69) is 50.1 Å². The van der Waals surface area contributed by atoms with Crippen LogP contribution in [0.2, 0.25) is 0 Å². The number of hydrogen-bond donors (Lipinski definition) is 2. The fraction of sp³-hybridized carbons (Fsp3) is 0.429. The highest BCUT2D eigenvalue weighted by molar-refractivity contribution is 7.89. The van der Waals surface area contributed by atoms with E-state index in [-0.39, 0.29) is 40.3 Å². The first-order chi connectivity index (χ1) is 16.8. The maximum Gasteiger partial charge on any atom is 0.251 e. The number of nitrogens with one attached hydrogen (secondary N) is 2. The summed E-state index contributed by atoms with van der Waals surface area (Å²) in [5, 5.41) is 5.77. The Kier molecular flexibility index (Phi) is 8.41. The van der Waals surface area contributed by atoms with Gasteiger partial charge in [0.25, 0.3) is 5.91 Å². The van der Waals surface area contributed by atoms with Gasteiger partial charge < -0.3 is 10.6 Å². The Labute approximate surface area is 215 Å². The third-order valence-electron chi connectivity index (χ3n) is 6.62. The van der Waals surface area contributed by atoms with Gasteiger partial charge in [-0.1, -0.05) is 51.6 Å². The van der Waals surface area contributed by atoms with Gasteiger partial charge in [0.1, 0.15) is 0 Å². The molecular formula is C28H37N3O4S. The number of sulfonamides is 1. The number of amides is 2. The minimum atomic E-state index is -3.76. The molecular weight excluding hydrogens is 474 g/mol. The van der Waals surface area contributed by atoms with Crippen molar-refractivity contribution in [1.82, 2.24) is 14.9 Å². The number of nitrogens with zero attached hydrogens (tertiary/aromatic N) is 1. The summed E-state index contributed by atoms with van der Waals surface area (Å²) in [6.45, 7) is 14.0. The molecule has 2 amide bonds. The van der Waals surface area contributed by atoms with Gasteiger partial charge in [-0.3, -0.25) is 9.59 Å². The minimum Gasteiger partial charge on any atom is -0.350 e. The summed E-state index contributed by atoms with van der Waals surface area (Å²) < 4.78 is 28.3. The number of carbonyl (C=O) groups excluding carboxylic acids is 2. The van der Waals surface area contributed by atoms with Crippen LogP contribution in [0.5, 0.6) is 0 Å². The van der Waals surface area contributed by atoms with E-state index in [9.17, 15) is 18.0 Å². The predicted molar refractivity (Wildman–Crippen MR) is 142 cm³/mol. The van der Waals surface area contributed by atoms with Gasteiger partial charge in [0, 0.05) is 30.2 Å². The van der Waals surface area contributed by atoms with E-state index in [1.54, 1.807) is 0 Å². The van der Waals surface area contributed by atoms with Gasteiger partial charge in [0.05, 0.1) is 4.90 Å². The lowest BCUT2D eigenvalue weighted by Crippen LogP contribution is -2.54. The van der Waals surface area contributed by atoms with Gasteiger partial charge in [-0.15, -0.1) is 0 Å². The Bertz CT molecular complexity index is 1190. The van der Waals surface area contributed by atoms with Crippen LogP contribution in [-0.4, -0.2) is 42.7 Å². The molecule has 7 nitrogen and oxygen atoms in total. The molecule has 1 fully saturated rings. The highest BCUT2D eigenvalue weighted by Gasteiger charge is 2.39. The average molecular weight is 512 g/mol. The van der Waals surface area contributed by atoms with Gasteiger partial charge in [-0.05, 0) is 73.6 Å². The number of hydrogen-bond acceptors (Lipinski definition) is 4. The fourth-order valence-corrected chi connectivity index (χ4v) is 6.56. The van der Waals surface area contributed by atoms with Crippen molar-refractivity contribution >= 4 is 21.8 Å². The molecule has 1 saturated heterocycles. The van der Waals surface area contributed by atoms with Crippen molar-refractivity contribution in [3.63, 3.8) is 0 Å². The Morgan fingerprint density at radius 1 is 1.00 bits per heavy atom. The molecule has 1 aliphatic heterocycles. The van der Waals surface area contributed by atoms with Gasteiger partial charge in [0.15, 0.2) is 0 Å². The minimum absolute atomic E-state index is 0.0663. The van der Waals surface area contributed by atoms with Crippen LogP contribution in [0.3, 0.4) is 0 Å². The highest BCUT2D eigenvalue weighted by Crippen LogP contribution is 2.30. The van der Waals surface area contributed by atoms with Crippen molar-refractivity contribution in [3.05, 3.63) is 77.9 Å². The van der Waals surface area contributed by atoms with E-state index in [0.29, 0.717) is 24.9 Å². The standard InChI is InChI=1S/C28H37N3O4S/c1-7-26(32)30-24-16-19(2)31(20(3)17-24)36(34,35)25-14-10-22(11-15-25)27(33)29-18-21-8-12-23(13-9-21)28(4,5)6/h7-15,19-20,24H,1,16-18H2,2-6H3,(H,29,33)(H,30,32). The summed E-state index contributed by atoms with van der Waals surface area (Å²) in [6.07, 6.45) is 2.25. The topological polar surface area (TPSA) is 95.6 Å². The van der Waals surface area contributed by atoms with Crippen LogP contribution in [0.15, 0.2) is 66.1 Å². The monoisotopic (exact) mass is 511 g/mol. The van der Waals surface area contributed by atoms with E-state index in [1.807, 2.05) is 26.0 Å². The van der Waals surface area contributed by atoms with Gasteiger partial charge in [-0.25, -0.2) is 8.42 Å². The van der Waals surface area contributed by atoms with E-state index in [4.69, 9.17) is 0 Å². The Balaban J connectivity index is 1.65. The third-order valence-corrected chi connectivity index (χ3v) is 8.76. The summed E-state index contributed by atoms with van der Waals surface area (Å²) in [5.74, 6) is -0.522. The number of carbonyl (C=O) groups is 2. The molecule has 0 radical (unpaired) electrons. The smallest absolute Gasteiger partial charge is 0.251 e.